The molecule has 0 aliphatic heterocycles. The molecule has 0 saturated carbocycles. The summed E-state index contributed by atoms with van der Waals surface area (Å²) in [5.74, 6) is -0.834. The molecule has 4 nitrogen and oxygen atoms in total. The summed E-state index contributed by atoms with van der Waals surface area (Å²) < 4.78 is 37.8. The van der Waals surface area contributed by atoms with E-state index < -0.39 is 38.7 Å². The van der Waals surface area contributed by atoms with E-state index in [1.54, 1.807) is 0 Å². The van der Waals surface area contributed by atoms with Gasteiger partial charge in [0.15, 0.2) is 11.3 Å². The summed E-state index contributed by atoms with van der Waals surface area (Å²) in [6, 6.07) is 1.71. The molecule has 8 heteroatoms. The van der Waals surface area contributed by atoms with Crippen LogP contribution in [-0.4, -0.2) is 10.7 Å². The Bertz CT molecular complexity index is 499. The van der Waals surface area contributed by atoms with Crippen LogP contribution in [0.2, 0.25) is 5.02 Å². The van der Waals surface area contributed by atoms with Gasteiger partial charge in [0.2, 0.25) is 0 Å². The van der Waals surface area contributed by atoms with E-state index in [4.69, 9.17) is 11.6 Å². The van der Waals surface area contributed by atoms with E-state index in [-0.39, 0.29) is 0 Å². The number of nitrogens with zero attached hydrogens (tertiary/aromatic N) is 1. The van der Waals surface area contributed by atoms with Gasteiger partial charge in [-0.05, 0) is 19.1 Å². The van der Waals surface area contributed by atoms with Gasteiger partial charge in [-0.1, -0.05) is 11.6 Å². The first-order valence-corrected chi connectivity index (χ1v) is 4.59. The van der Waals surface area contributed by atoms with Gasteiger partial charge >= 0.3 is 6.18 Å². The van der Waals surface area contributed by atoms with Crippen molar-refractivity contribution in [3.05, 3.63) is 38.4 Å². The quantitative estimate of drug-likeness (QED) is 0.468. The number of Topliss-reactive ketones (excluding diaryl/α,β-unsaturated/α-hetero) is 1. The Kier molecular flexibility index (Phi) is 3.42. The van der Waals surface area contributed by atoms with Gasteiger partial charge in [-0.15, -0.1) is 0 Å². The van der Waals surface area contributed by atoms with Crippen molar-refractivity contribution in [3.8, 4) is 0 Å². The molecule has 1 aromatic carbocycles. The Morgan fingerprint density at radius 2 is 1.94 bits per heavy atom. The van der Waals surface area contributed by atoms with Gasteiger partial charge in [0, 0.05) is 0 Å². The predicted molar refractivity (Wildman–Crippen MR) is 53.1 cm³/mol. The topological polar surface area (TPSA) is 60.2 Å². The second kappa shape index (κ2) is 4.33. The molecule has 0 fully saturated rings. The molecule has 92 valence electrons. The van der Waals surface area contributed by atoms with Crippen LogP contribution in [0.25, 0.3) is 0 Å². The summed E-state index contributed by atoms with van der Waals surface area (Å²) in [6.45, 7) is 0.941. The molecule has 1 aromatic rings. The van der Waals surface area contributed by atoms with Crippen LogP contribution in [0.15, 0.2) is 12.1 Å². The first-order chi connectivity index (χ1) is 7.66. The molecule has 0 bridgehead atoms. The van der Waals surface area contributed by atoms with Crippen LogP contribution in [0.1, 0.15) is 22.8 Å². The highest BCUT2D eigenvalue weighted by atomic mass is 35.5. The maximum Gasteiger partial charge on any atom is 0.424 e. The number of carbonyl (C=O) groups is 1. The predicted octanol–water partition coefficient (Wildman–Crippen LogP) is 3.47. The van der Waals surface area contributed by atoms with Crippen LogP contribution < -0.4 is 0 Å². The van der Waals surface area contributed by atoms with E-state index in [1.165, 1.54) is 0 Å². The molecule has 0 amide bonds. The summed E-state index contributed by atoms with van der Waals surface area (Å²) in [4.78, 5) is 20.4. The number of halogens is 4. The number of nitro benzene ring substituents is 1. The van der Waals surface area contributed by atoms with Crippen LogP contribution >= 0.6 is 11.6 Å². The van der Waals surface area contributed by atoms with Crippen molar-refractivity contribution in [1.29, 1.82) is 0 Å². The summed E-state index contributed by atoms with van der Waals surface area (Å²) in [6.07, 6.45) is -5.00. The molecule has 0 heterocycles. The van der Waals surface area contributed by atoms with Gasteiger partial charge in [-0.3, -0.25) is 14.9 Å². The Balaban J connectivity index is 3.73. The highest BCUT2D eigenvalue weighted by Gasteiger charge is 2.42. The van der Waals surface area contributed by atoms with Gasteiger partial charge in [0.1, 0.15) is 0 Å². The van der Waals surface area contributed by atoms with E-state index in [0.717, 1.165) is 19.1 Å². The Morgan fingerprint density at radius 1 is 1.41 bits per heavy atom. The SMILES string of the molecule is CC(=O)c1ccc(Cl)c(C(F)(F)F)c1[N+](=O)[O-]. The standard InChI is InChI=1S/C9H5ClF3NO3/c1-4(15)5-2-3-6(10)7(9(11,12)13)8(5)14(16)17/h2-3H,1H3. The number of hydrogen-bond acceptors (Lipinski definition) is 3. The number of hydrogen-bond donors (Lipinski definition) is 0. The monoisotopic (exact) mass is 267 g/mol. The zero-order chi connectivity index (χ0) is 13.4. The molecule has 0 N–H and O–H groups in total. The molecule has 0 unspecified atom stereocenters. The smallest absolute Gasteiger partial charge is 0.294 e. The molecule has 0 radical (unpaired) electrons. The lowest BCUT2D eigenvalue weighted by Crippen LogP contribution is -2.13. The second-order valence-corrected chi connectivity index (χ2v) is 3.54. The van der Waals surface area contributed by atoms with E-state index in [9.17, 15) is 28.1 Å². The number of ketones is 1. The van der Waals surface area contributed by atoms with Crippen LogP contribution in [-0.2, 0) is 6.18 Å². The summed E-state index contributed by atoms with van der Waals surface area (Å²) in [5, 5.41) is 9.83. The Morgan fingerprint density at radius 3 is 2.29 bits per heavy atom. The highest BCUT2D eigenvalue weighted by Crippen LogP contribution is 2.42. The minimum Gasteiger partial charge on any atom is -0.294 e. The zero-order valence-electron chi connectivity index (χ0n) is 8.34. The molecule has 0 spiro atoms. The van der Waals surface area contributed by atoms with Crippen LogP contribution in [0.4, 0.5) is 18.9 Å². The molecular formula is C9H5ClF3NO3. The lowest BCUT2D eigenvalue weighted by Gasteiger charge is -2.11. The minimum absolute atomic E-state index is 0.619. The third-order valence-corrected chi connectivity index (χ3v) is 2.29. The Labute approximate surface area is 98.1 Å². The van der Waals surface area contributed by atoms with E-state index in [1.807, 2.05) is 0 Å². The van der Waals surface area contributed by atoms with Crippen molar-refractivity contribution in [2.45, 2.75) is 13.1 Å². The van der Waals surface area contributed by atoms with Crippen molar-refractivity contribution in [2.24, 2.45) is 0 Å². The molecule has 0 aliphatic carbocycles. The average molecular weight is 268 g/mol. The fraction of sp³-hybridized carbons (Fsp3) is 0.222. The maximum absolute atomic E-state index is 12.6. The summed E-state index contributed by atoms with van der Waals surface area (Å²) in [7, 11) is 0. The van der Waals surface area contributed by atoms with Gasteiger partial charge in [0.05, 0.1) is 15.5 Å². The molecule has 0 aliphatic rings. The number of nitro groups is 1. The molecule has 1 rings (SSSR count). The van der Waals surface area contributed by atoms with Crippen molar-refractivity contribution >= 4 is 23.1 Å². The van der Waals surface area contributed by atoms with Crippen molar-refractivity contribution in [2.75, 3.05) is 0 Å². The largest absolute Gasteiger partial charge is 0.424 e. The highest BCUT2D eigenvalue weighted by molar-refractivity contribution is 6.32. The Hall–Kier alpha value is -1.63. The lowest BCUT2D eigenvalue weighted by atomic mass is 10.0. The fourth-order valence-electron chi connectivity index (χ4n) is 1.31. The number of rotatable bonds is 2. The van der Waals surface area contributed by atoms with Crippen LogP contribution in [0, 0.1) is 10.1 Å². The molecule has 17 heavy (non-hydrogen) atoms. The van der Waals surface area contributed by atoms with Gasteiger partial charge < -0.3 is 0 Å². The number of alkyl halides is 3. The van der Waals surface area contributed by atoms with E-state index in [2.05, 4.69) is 0 Å². The molecule has 0 saturated heterocycles. The second-order valence-electron chi connectivity index (χ2n) is 3.13. The first kappa shape index (κ1) is 13.4. The number of carbonyl (C=O) groups excluding carboxylic acids is 1. The third kappa shape index (κ3) is 2.55. The van der Waals surface area contributed by atoms with Crippen molar-refractivity contribution < 1.29 is 22.9 Å². The molecular weight excluding hydrogens is 263 g/mol. The van der Waals surface area contributed by atoms with Gasteiger partial charge in [0.25, 0.3) is 5.69 Å². The van der Waals surface area contributed by atoms with Crippen molar-refractivity contribution in [3.63, 3.8) is 0 Å². The lowest BCUT2D eigenvalue weighted by molar-refractivity contribution is -0.388. The zero-order valence-corrected chi connectivity index (χ0v) is 9.09. The van der Waals surface area contributed by atoms with Gasteiger partial charge in [-0.2, -0.15) is 13.2 Å². The normalized spacial score (nSPS) is 11.4. The first-order valence-electron chi connectivity index (χ1n) is 4.21. The van der Waals surface area contributed by atoms with E-state index in [0.29, 0.717) is 0 Å². The maximum atomic E-state index is 12.6. The van der Waals surface area contributed by atoms with E-state index >= 15 is 0 Å². The fourth-order valence-corrected chi connectivity index (χ4v) is 1.57. The summed E-state index contributed by atoms with van der Waals surface area (Å²) >= 11 is 5.30. The third-order valence-electron chi connectivity index (χ3n) is 1.97. The van der Waals surface area contributed by atoms with Crippen molar-refractivity contribution in [1.82, 2.24) is 0 Å². The van der Waals surface area contributed by atoms with Gasteiger partial charge in [-0.25, -0.2) is 0 Å². The van der Waals surface area contributed by atoms with Crippen LogP contribution in [0.5, 0.6) is 0 Å². The molecule has 0 atom stereocenters. The average Bonchev–Trinajstić information content (AvgIpc) is 2.14. The number of benzene rings is 1. The van der Waals surface area contributed by atoms with Crippen LogP contribution in [0.3, 0.4) is 0 Å². The molecule has 0 aromatic heterocycles. The summed E-state index contributed by atoms with van der Waals surface area (Å²) in [5.41, 5.74) is -3.53. The minimum atomic E-state index is -5.00.